The predicted molar refractivity (Wildman–Crippen MR) is 96.5 cm³/mol. The molecule has 1 atom stereocenters. The smallest absolute Gasteiger partial charge is 0.133 e. The quantitative estimate of drug-likeness (QED) is 0.778. The maximum atomic E-state index is 10.5. The predicted octanol–water partition coefficient (Wildman–Crippen LogP) is 5.40. The van der Waals surface area contributed by atoms with Gasteiger partial charge in [0.05, 0.1) is 0 Å². The lowest BCUT2D eigenvalue weighted by molar-refractivity contribution is -0.0201. The molecule has 1 saturated carbocycles. The molecule has 1 aliphatic heterocycles. The van der Waals surface area contributed by atoms with Crippen molar-refractivity contribution in [3.05, 3.63) is 34.9 Å². The van der Waals surface area contributed by atoms with E-state index >= 15 is 0 Å². The summed E-state index contributed by atoms with van der Waals surface area (Å²) in [6.07, 6.45) is 12.1. The van der Waals surface area contributed by atoms with E-state index in [1.807, 2.05) is 24.3 Å². The zero-order chi connectivity index (χ0) is 16.1. The first-order chi connectivity index (χ1) is 11.2. The normalized spacial score (nSPS) is 23.0. The van der Waals surface area contributed by atoms with Crippen LogP contribution >= 0.6 is 11.6 Å². The highest BCUT2D eigenvalue weighted by Gasteiger charge is 2.25. The van der Waals surface area contributed by atoms with E-state index in [1.54, 1.807) is 0 Å². The average Bonchev–Trinajstić information content (AvgIpc) is 2.61. The van der Waals surface area contributed by atoms with Gasteiger partial charge in [0.25, 0.3) is 0 Å². The molecule has 3 heteroatoms. The number of halogens is 1. The molecule has 1 aliphatic carbocycles. The van der Waals surface area contributed by atoms with Gasteiger partial charge in [-0.1, -0.05) is 68.7 Å². The first-order valence-corrected chi connectivity index (χ1v) is 9.78. The summed E-state index contributed by atoms with van der Waals surface area (Å²) in [5.74, 6) is 1.87. The van der Waals surface area contributed by atoms with Gasteiger partial charge in [-0.3, -0.25) is 4.90 Å². The first-order valence-electron chi connectivity index (χ1n) is 9.40. The van der Waals surface area contributed by atoms with Crippen molar-refractivity contribution in [1.82, 2.24) is 4.90 Å². The molecule has 0 amide bonds. The third-order valence-electron chi connectivity index (χ3n) is 5.87. The summed E-state index contributed by atoms with van der Waals surface area (Å²) in [6, 6.07) is 7.58. The zero-order valence-electron chi connectivity index (χ0n) is 14.1. The van der Waals surface area contributed by atoms with E-state index in [-0.39, 0.29) is 0 Å². The number of nitrogens with zero attached hydrogens (tertiary/aromatic N) is 1. The van der Waals surface area contributed by atoms with Crippen LogP contribution in [0.25, 0.3) is 0 Å². The van der Waals surface area contributed by atoms with Crippen LogP contribution in [0.4, 0.5) is 0 Å². The Labute approximate surface area is 145 Å². The lowest BCUT2D eigenvalue weighted by Crippen LogP contribution is -2.36. The van der Waals surface area contributed by atoms with Crippen molar-refractivity contribution in [3.63, 3.8) is 0 Å². The van der Waals surface area contributed by atoms with Crippen LogP contribution in [0.1, 0.15) is 69.6 Å². The van der Waals surface area contributed by atoms with Gasteiger partial charge in [-0.25, -0.2) is 0 Å². The molecule has 2 aliphatic rings. The summed E-state index contributed by atoms with van der Waals surface area (Å²) in [5, 5.41) is 11.3. The van der Waals surface area contributed by atoms with Gasteiger partial charge in [0, 0.05) is 18.1 Å². The molecule has 3 rings (SSSR count). The standard InChI is InChI=1S/C20H30ClNO/c21-19-10-8-18(9-11-19)20(23)22-14-12-17(13-15-22)7-6-16-4-2-1-3-5-16/h8-11,16-17,20,23H,1-7,12-15H2. The van der Waals surface area contributed by atoms with Crippen LogP contribution in [0.3, 0.4) is 0 Å². The number of aliphatic hydroxyl groups is 1. The average molecular weight is 336 g/mol. The minimum absolute atomic E-state index is 0.480. The van der Waals surface area contributed by atoms with Crippen molar-refractivity contribution >= 4 is 11.6 Å². The minimum atomic E-state index is -0.480. The van der Waals surface area contributed by atoms with Gasteiger partial charge in [0.15, 0.2) is 0 Å². The first kappa shape index (κ1) is 17.3. The molecule has 0 aromatic heterocycles. The number of likely N-dealkylation sites (tertiary alicyclic amines) is 1. The van der Waals surface area contributed by atoms with Crippen LogP contribution in [0.15, 0.2) is 24.3 Å². The molecule has 0 radical (unpaired) electrons. The summed E-state index contributed by atoms with van der Waals surface area (Å²) >= 11 is 5.92. The van der Waals surface area contributed by atoms with Crippen molar-refractivity contribution in [2.24, 2.45) is 11.8 Å². The second-order valence-corrected chi connectivity index (χ2v) is 7.92. The molecular weight excluding hydrogens is 306 g/mol. The van der Waals surface area contributed by atoms with Crippen molar-refractivity contribution in [3.8, 4) is 0 Å². The van der Waals surface area contributed by atoms with E-state index in [0.29, 0.717) is 0 Å². The molecule has 1 aromatic carbocycles. The Morgan fingerprint density at radius 3 is 2.09 bits per heavy atom. The van der Waals surface area contributed by atoms with Gasteiger partial charge in [-0.05, 0) is 42.4 Å². The van der Waals surface area contributed by atoms with Crippen LogP contribution in [0, 0.1) is 11.8 Å². The fourth-order valence-electron chi connectivity index (χ4n) is 4.28. The molecule has 0 spiro atoms. The SMILES string of the molecule is OC(c1ccc(Cl)cc1)N1CCC(CCC2CCCCC2)CC1. The number of benzene rings is 1. The second kappa shape index (κ2) is 8.50. The van der Waals surface area contributed by atoms with E-state index in [1.165, 1.54) is 57.8 Å². The molecule has 128 valence electrons. The van der Waals surface area contributed by atoms with Crippen LogP contribution in [-0.2, 0) is 0 Å². The monoisotopic (exact) mass is 335 g/mol. The van der Waals surface area contributed by atoms with Gasteiger partial charge in [-0.2, -0.15) is 0 Å². The Morgan fingerprint density at radius 1 is 0.913 bits per heavy atom. The van der Waals surface area contributed by atoms with Gasteiger partial charge >= 0.3 is 0 Å². The fraction of sp³-hybridized carbons (Fsp3) is 0.700. The maximum absolute atomic E-state index is 10.5. The van der Waals surface area contributed by atoms with Gasteiger partial charge in [-0.15, -0.1) is 0 Å². The van der Waals surface area contributed by atoms with Crippen LogP contribution in [0.5, 0.6) is 0 Å². The van der Waals surface area contributed by atoms with Gasteiger partial charge < -0.3 is 5.11 Å². The number of hydrogen-bond donors (Lipinski definition) is 1. The summed E-state index contributed by atoms with van der Waals surface area (Å²) in [6.45, 7) is 2.03. The molecule has 1 saturated heterocycles. The minimum Gasteiger partial charge on any atom is -0.374 e. The molecule has 1 aromatic rings. The van der Waals surface area contributed by atoms with Crippen LogP contribution in [-0.4, -0.2) is 23.1 Å². The molecule has 0 bridgehead atoms. The Balaban J connectivity index is 1.41. The van der Waals surface area contributed by atoms with Crippen molar-refractivity contribution in [2.45, 2.75) is 64.0 Å². The number of aliphatic hydroxyl groups excluding tert-OH is 1. The highest BCUT2D eigenvalue weighted by Crippen LogP contribution is 2.32. The van der Waals surface area contributed by atoms with Crippen LogP contribution in [0.2, 0.25) is 5.02 Å². The number of hydrogen-bond acceptors (Lipinski definition) is 2. The molecule has 23 heavy (non-hydrogen) atoms. The summed E-state index contributed by atoms with van der Waals surface area (Å²) in [7, 11) is 0. The highest BCUT2D eigenvalue weighted by atomic mass is 35.5. The van der Waals surface area contributed by atoms with Crippen molar-refractivity contribution in [2.75, 3.05) is 13.1 Å². The topological polar surface area (TPSA) is 23.5 Å². The van der Waals surface area contributed by atoms with E-state index in [0.717, 1.165) is 35.5 Å². The molecular formula is C20H30ClNO. The summed E-state index contributed by atoms with van der Waals surface area (Å²) in [4.78, 5) is 2.21. The third-order valence-corrected chi connectivity index (χ3v) is 6.12. The Hall–Kier alpha value is -0.570. The van der Waals surface area contributed by atoms with Gasteiger partial charge in [0.2, 0.25) is 0 Å². The summed E-state index contributed by atoms with van der Waals surface area (Å²) < 4.78 is 0. The van der Waals surface area contributed by atoms with E-state index in [2.05, 4.69) is 4.90 Å². The van der Waals surface area contributed by atoms with Gasteiger partial charge in [0.1, 0.15) is 6.23 Å². The summed E-state index contributed by atoms with van der Waals surface area (Å²) in [5.41, 5.74) is 0.954. The third kappa shape index (κ3) is 4.95. The Bertz CT molecular complexity index is 461. The van der Waals surface area contributed by atoms with E-state index in [4.69, 9.17) is 11.6 Å². The lowest BCUT2D eigenvalue weighted by atomic mass is 9.82. The zero-order valence-corrected chi connectivity index (χ0v) is 14.8. The van der Waals surface area contributed by atoms with Crippen molar-refractivity contribution in [1.29, 1.82) is 0 Å². The molecule has 2 nitrogen and oxygen atoms in total. The molecule has 2 fully saturated rings. The fourth-order valence-corrected chi connectivity index (χ4v) is 4.41. The molecule has 1 N–H and O–H groups in total. The molecule has 1 unspecified atom stereocenters. The van der Waals surface area contributed by atoms with E-state index < -0.39 is 6.23 Å². The maximum Gasteiger partial charge on any atom is 0.133 e. The Kier molecular flexibility index (Phi) is 6.38. The van der Waals surface area contributed by atoms with Crippen LogP contribution < -0.4 is 0 Å². The molecule has 1 heterocycles. The van der Waals surface area contributed by atoms with Crippen molar-refractivity contribution < 1.29 is 5.11 Å². The lowest BCUT2D eigenvalue weighted by Gasteiger charge is -2.36. The number of piperidine rings is 1. The Morgan fingerprint density at radius 2 is 1.48 bits per heavy atom. The number of rotatable bonds is 5. The largest absolute Gasteiger partial charge is 0.374 e. The second-order valence-electron chi connectivity index (χ2n) is 7.49. The van der Waals surface area contributed by atoms with E-state index in [9.17, 15) is 5.11 Å². The highest BCUT2D eigenvalue weighted by molar-refractivity contribution is 6.30.